The Morgan fingerprint density at radius 2 is 2.37 bits per heavy atom. The topological polar surface area (TPSA) is 108 Å². The van der Waals surface area contributed by atoms with Gasteiger partial charge in [-0.15, -0.1) is 0 Å². The van der Waals surface area contributed by atoms with Gasteiger partial charge < -0.3 is 11.1 Å². The molecule has 6 heteroatoms. The second kappa shape index (κ2) is 5.23. The molecule has 2 rings (SSSR count). The van der Waals surface area contributed by atoms with Gasteiger partial charge in [-0.05, 0) is 24.6 Å². The lowest BCUT2D eigenvalue weighted by atomic mass is 10.2. The van der Waals surface area contributed by atoms with Gasteiger partial charge in [0.25, 0.3) is 5.91 Å². The summed E-state index contributed by atoms with van der Waals surface area (Å²) in [4.78, 5) is 12.0. The van der Waals surface area contributed by atoms with Gasteiger partial charge in [0.15, 0.2) is 5.69 Å². The van der Waals surface area contributed by atoms with Crippen molar-refractivity contribution in [3.63, 3.8) is 0 Å². The van der Waals surface area contributed by atoms with Crippen LogP contribution in [0.2, 0.25) is 0 Å². The van der Waals surface area contributed by atoms with Gasteiger partial charge in [0.1, 0.15) is 0 Å². The zero-order valence-electron chi connectivity index (χ0n) is 10.4. The Bertz CT molecular complexity index is 653. The van der Waals surface area contributed by atoms with Crippen LogP contribution in [0, 0.1) is 11.3 Å². The molecule has 96 valence electrons. The molecule has 0 bridgehead atoms. The number of amides is 1. The van der Waals surface area contributed by atoms with Gasteiger partial charge in [-0.25, -0.2) is 0 Å². The number of carbonyl (C=O) groups excluding carboxylic acids is 1. The first kappa shape index (κ1) is 12.6. The first-order valence-electron chi connectivity index (χ1n) is 5.80. The highest BCUT2D eigenvalue weighted by Crippen LogP contribution is 2.17. The number of aromatic nitrogens is 2. The molecule has 0 fully saturated rings. The van der Waals surface area contributed by atoms with Gasteiger partial charge in [0.2, 0.25) is 0 Å². The third-order valence-electron chi connectivity index (χ3n) is 2.70. The van der Waals surface area contributed by atoms with E-state index >= 15 is 0 Å². The number of rotatable bonds is 3. The molecule has 0 radical (unpaired) electrons. The smallest absolute Gasteiger partial charge is 0.278 e. The number of nitrogens with two attached hydrogens (primary N) is 1. The third kappa shape index (κ3) is 2.55. The maximum absolute atomic E-state index is 12.0. The first-order chi connectivity index (χ1) is 9.15. The molecule has 0 saturated heterocycles. The van der Waals surface area contributed by atoms with Crippen LogP contribution < -0.4 is 11.1 Å². The molecule has 0 spiro atoms. The Balaban J connectivity index is 2.21. The SMILES string of the molecule is CCc1[nH]nc(C(=O)Nc2cccc(C#N)c2)c1N. The molecular weight excluding hydrogens is 242 g/mol. The van der Waals surface area contributed by atoms with Crippen LogP contribution in [0.5, 0.6) is 0 Å². The van der Waals surface area contributed by atoms with E-state index in [1.54, 1.807) is 24.3 Å². The summed E-state index contributed by atoms with van der Waals surface area (Å²) in [6.07, 6.45) is 0.677. The molecule has 1 aromatic carbocycles. The van der Waals surface area contributed by atoms with E-state index in [-0.39, 0.29) is 5.69 Å². The number of hydrogen-bond acceptors (Lipinski definition) is 4. The molecular formula is C13H13N5O. The lowest BCUT2D eigenvalue weighted by Crippen LogP contribution is -2.14. The summed E-state index contributed by atoms with van der Waals surface area (Å²) in [5.74, 6) is -0.400. The lowest BCUT2D eigenvalue weighted by Gasteiger charge is -2.04. The lowest BCUT2D eigenvalue weighted by molar-refractivity contribution is 0.102. The second-order valence-electron chi connectivity index (χ2n) is 3.96. The number of nitrogen functional groups attached to an aromatic ring is 1. The largest absolute Gasteiger partial charge is 0.395 e. The highest BCUT2D eigenvalue weighted by molar-refractivity contribution is 6.06. The van der Waals surface area contributed by atoms with Crippen molar-refractivity contribution >= 4 is 17.3 Å². The van der Waals surface area contributed by atoms with Crippen molar-refractivity contribution in [3.05, 3.63) is 41.2 Å². The molecule has 0 aliphatic carbocycles. The monoisotopic (exact) mass is 255 g/mol. The molecule has 1 heterocycles. The number of nitrogens with zero attached hydrogens (tertiary/aromatic N) is 2. The summed E-state index contributed by atoms with van der Waals surface area (Å²) in [5.41, 5.74) is 8.08. The summed E-state index contributed by atoms with van der Waals surface area (Å²) in [5, 5.41) is 18.1. The summed E-state index contributed by atoms with van der Waals surface area (Å²) >= 11 is 0. The van der Waals surface area contributed by atoms with Crippen molar-refractivity contribution in [2.24, 2.45) is 0 Å². The number of aryl methyl sites for hydroxylation is 1. The molecule has 0 saturated carbocycles. The number of aromatic amines is 1. The van der Waals surface area contributed by atoms with Crippen LogP contribution in [0.1, 0.15) is 28.7 Å². The molecule has 6 nitrogen and oxygen atoms in total. The molecule has 1 aromatic heterocycles. The van der Waals surface area contributed by atoms with Crippen LogP contribution in [0.15, 0.2) is 24.3 Å². The fraction of sp³-hybridized carbons (Fsp3) is 0.154. The minimum absolute atomic E-state index is 0.166. The molecule has 1 amide bonds. The van der Waals surface area contributed by atoms with E-state index in [2.05, 4.69) is 15.5 Å². The van der Waals surface area contributed by atoms with Crippen molar-refractivity contribution < 1.29 is 4.79 Å². The van der Waals surface area contributed by atoms with Crippen LogP contribution in [-0.4, -0.2) is 16.1 Å². The van der Waals surface area contributed by atoms with E-state index < -0.39 is 5.91 Å². The fourth-order valence-electron chi connectivity index (χ4n) is 1.69. The van der Waals surface area contributed by atoms with Crippen LogP contribution in [-0.2, 0) is 6.42 Å². The van der Waals surface area contributed by atoms with Crippen molar-refractivity contribution in [1.29, 1.82) is 5.26 Å². The second-order valence-corrected chi connectivity index (χ2v) is 3.96. The van der Waals surface area contributed by atoms with E-state index in [1.807, 2.05) is 13.0 Å². The predicted molar refractivity (Wildman–Crippen MR) is 71.5 cm³/mol. The summed E-state index contributed by atoms with van der Waals surface area (Å²) in [6, 6.07) is 8.64. The molecule has 0 unspecified atom stereocenters. The minimum atomic E-state index is -0.400. The Hall–Kier alpha value is -2.81. The number of H-pyrrole nitrogens is 1. The third-order valence-corrected chi connectivity index (χ3v) is 2.70. The van der Waals surface area contributed by atoms with Crippen LogP contribution in [0.4, 0.5) is 11.4 Å². The average Bonchev–Trinajstić information content (AvgIpc) is 2.80. The minimum Gasteiger partial charge on any atom is -0.395 e. The maximum Gasteiger partial charge on any atom is 0.278 e. The van der Waals surface area contributed by atoms with Gasteiger partial charge in [0, 0.05) is 5.69 Å². The number of nitriles is 1. The van der Waals surface area contributed by atoms with Gasteiger partial charge >= 0.3 is 0 Å². The van der Waals surface area contributed by atoms with E-state index in [9.17, 15) is 4.79 Å². The van der Waals surface area contributed by atoms with Crippen LogP contribution >= 0.6 is 0 Å². The first-order valence-corrected chi connectivity index (χ1v) is 5.80. The Labute approximate surface area is 110 Å². The Kier molecular flexibility index (Phi) is 3.48. The molecule has 0 aliphatic heterocycles. The van der Waals surface area contributed by atoms with Crippen molar-refractivity contribution in [1.82, 2.24) is 10.2 Å². The summed E-state index contributed by atoms with van der Waals surface area (Å²) in [6.45, 7) is 1.92. The summed E-state index contributed by atoms with van der Waals surface area (Å²) < 4.78 is 0. The van der Waals surface area contributed by atoms with E-state index in [4.69, 9.17) is 11.0 Å². The van der Waals surface area contributed by atoms with Gasteiger partial charge in [0.05, 0.1) is 23.0 Å². The number of anilines is 2. The van der Waals surface area contributed by atoms with E-state index in [0.29, 0.717) is 23.4 Å². The maximum atomic E-state index is 12.0. The zero-order chi connectivity index (χ0) is 13.8. The zero-order valence-corrected chi connectivity index (χ0v) is 10.4. The molecule has 19 heavy (non-hydrogen) atoms. The quantitative estimate of drug-likeness (QED) is 0.775. The molecule has 4 N–H and O–H groups in total. The predicted octanol–water partition coefficient (Wildman–Crippen LogP) is 1.68. The van der Waals surface area contributed by atoms with Crippen molar-refractivity contribution in [2.45, 2.75) is 13.3 Å². The van der Waals surface area contributed by atoms with Gasteiger partial charge in [-0.3, -0.25) is 9.89 Å². The fourth-order valence-corrected chi connectivity index (χ4v) is 1.69. The summed E-state index contributed by atoms with van der Waals surface area (Å²) in [7, 11) is 0. The molecule has 2 aromatic rings. The van der Waals surface area contributed by atoms with Crippen LogP contribution in [0.25, 0.3) is 0 Å². The van der Waals surface area contributed by atoms with Gasteiger partial charge in [-0.1, -0.05) is 13.0 Å². The number of benzene rings is 1. The number of nitrogens with one attached hydrogen (secondary N) is 2. The normalized spacial score (nSPS) is 9.89. The highest BCUT2D eigenvalue weighted by atomic mass is 16.2. The molecule has 0 atom stereocenters. The van der Waals surface area contributed by atoms with Gasteiger partial charge in [-0.2, -0.15) is 10.4 Å². The highest BCUT2D eigenvalue weighted by Gasteiger charge is 2.16. The molecule has 0 aliphatic rings. The number of hydrogen-bond donors (Lipinski definition) is 3. The Morgan fingerprint density at radius 3 is 3.00 bits per heavy atom. The van der Waals surface area contributed by atoms with Crippen molar-refractivity contribution in [2.75, 3.05) is 11.1 Å². The van der Waals surface area contributed by atoms with Crippen molar-refractivity contribution in [3.8, 4) is 6.07 Å². The van der Waals surface area contributed by atoms with E-state index in [1.165, 1.54) is 0 Å². The number of carbonyl (C=O) groups is 1. The van der Waals surface area contributed by atoms with E-state index in [0.717, 1.165) is 5.69 Å². The Morgan fingerprint density at radius 1 is 1.58 bits per heavy atom. The average molecular weight is 255 g/mol. The van der Waals surface area contributed by atoms with Crippen LogP contribution in [0.3, 0.4) is 0 Å². The standard InChI is InChI=1S/C13H13N5O/c1-2-10-11(15)12(18-17-10)13(19)16-9-5-3-4-8(6-9)7-14/h3-6H,2,15H2,1H3,(H,16,19)(H,17,18).